The SMILES string of the molecule is C/C(=C\C1CCC2OC12)C(=O)[O-]. The molecule has 0 aromatic rings. The van der Waals surface area contributed by atoms with Crippen LogP contribution in [0.5, 0.6) is 0 Å². The van der Waals surface area contributed by atoms with E-state index in [2.05, 4.69) is 0 Å². The van der Waals surface area contributed by atoms with Crippen LogP contribution >= 0.6 is 0 Å². The minimum atomic E-state index is -1.07. The third kappa shape index (κ3) is 1.25. The lowest BCUT2D eigenvalue weighted by molar-refractivity contribution is -0.299. The van der Waals surface area contributed by atoms with Crippen molar-refractivity contribution < 1.29 is 14.6 Å². The van der Waals surface area contributed by atoms with Crippen molar-refractivity contribution in [2.45, 2.75) is 32.0 Å². The van der Waals surface area contributed by atoms with Crippen LogP contribution < -0.4 is 5.11 Å². The number of hydrogen-bond acceptors (Lipinski definition) is 3. The molecule has 3 nitrogen and oxygen atoms in total. The lowest BCUT2D eigenvalue weighted by atomic mass is 10.0. The molecule has 3 atom stereocenters. The fraction of sp³-hybridized carbons (Fsp3) is 0.667. The van der Waals surface area contributed by atoms with Crippen LogP contribution in [0.15, 0.2) is 11.6 Å². The van der Waals surface area contributed by atoms with Gasteiger partial charge >= 0.3 is 0 Å². The molecule has 12 heavy (non-hydrogen) atoms. The Bertz CT molecular complexity index is 244. The standard InChI is InChI=1S/C9H12O3/c1-5(9(10)11)4-6-2-3-7-8(6)12-7/h4,6-8H,2-3H2,1H3,(H,10,11)/p-1/b5-4+. The van der Waals surface area contributed by atoms with Gasteiger partial charge in [-0.05, 0) is 25.3 Å². The maximum Gasteiger partial charge on any atom is 0.0904 e. The third-order valence-electron chi connectivity index (χ3n) is 2.61. The van der Waals surface area contributed by atoms with Crippen LogP contribution in [0, 0.1) is 5.92 Å². The van der Waals surface area contributed by atoms with Gasteiger partial charge in [-0.1, -0.05) is 6.08 Å². The second-order valence-corrected chi connectivity index (χ2v) is 3.52. The molecule has 1 aliphatic heterocycles. The second kappa shape index (κ2) is 2.59. The highest BCUT2D eigenvalue weighted by molar-refractivity contribution is 5.83. The van der Waals surface area contributed by atoms with Gasteiger partial charge in [0, 0.05) is 5.92 Å². The number of rotatable bonds is 2. The van der Waals surface area contributed by atoms with Gasteiger partial charge in [0.25, 0.3) is 0 Å². The molecule has 1 saturated heterocycles. The molecule has 0 bridgehead atoms. The summed E-state index contributed by atoms with van der Waals surface area (Å²) in [7, 11) is 0. The predicted octanol–water partition coefficient (Wildman–Crippen LogP) is -0.140. The van der Waals surface area contributed by atoms with Gasteiger partial charge in [0.05, 0.1) is 18.2 Å². The summed E-state index contributed by atoms with van der Waals surface area (Å²) in [4.78, 5) is 10.4. The lowest BCUT2D eigenvalue weighted by Crippen LogP contribution is -2.23. The summed E-state index contributed by atoms with van der Waals surface area (Å²) >= 11 is 0. The second-order valence-electron chi connectivity index (χ2n) is 3.52. The molecule has 2 fully saturated rings. The van der Waals surface area contributed by atoms with Crippen LogP contribution in [0.1, 0.15) is 19.8 Å². The quantitative estimate of drug-likeness (QED) is 0.425. The average molecular weight is 167 g/mol. The molecule has 0 aromatic heterocycles. The summed E-state index contributed by atoms with van der Waals surface area (Å²) < 4.78 is 5.29. The molecule has 1 heterocycles. The molecule has 0 radical (unpaired) electrons. The molecule has 1 saturated carbocycles. The Morgan fingerprint density at radius 2 is 2.33 bits per heavy atom. The summed E-state index contributed by atoms with van der Waals surface area (Å²) in [5.41, 5.74) is 0.330. The number of ether oxygens (including phenoxy) is 1. The van der Waals surface area contributed by atoms with E-state index in [9.17, 15) is 9.90 Å². The monoisotopic (exact) mass is 167 g/mol. The first-order valence-corrected chi connectivity index (χ1v) is 4.23. The first kappa shape index (κ1) is 7.80. The topological polar surface area (TPSA) is 52.7 Å². The zero-order valence-corrected chi connectivity index (χ0v) is 6.95. The van der Waals surface area contributed by atoms with Crippen molar-refractivity contribution in [2.24, 2.45) is 5.92 Å². The normalized spacial score (nSPS) is 39.4. The van der Waals surface area contributed by atoms with E-state index in [-0.39, 0.29) is 0 Å². The van der Waals surface area contributed by atoms with Gasteiger partial charge in [0.1, 0.15) is 0 Å². The summed E-state index contributed by atoms with van der Waals surface area (Å²) in [5.74, 6) is -0.757. The molecule has 3 heteroatoms. The minimum absolute atomic E-state index is 0.305. The summed E-state index contributed by atoms with van der Waals surface area (Å²) in [6.45, 7) is 1.57. The fourth-order valence-corrected chi connectivity index (χ4v) is 1.85. The first-order valence-electron chi connectivity index (χ1n) is 4.23. The third-order valence-corrected chi connectivity index (χ3v) is 2.61. The van der Waals surface area contributed by atoms with Crippen molar-refractivity contribution in [2.75, 3.05) is 0 Å². The zero-order chi connectivity index (χ0) is 8.72. The number of epoxide rings is 1. The molecule has 2 aliphatic rings. The van der Waals surface area contributed by atoms with Crippen LogP contribution in [-0.2, 0) is 9.53 Å². The number of hydrogen-bond donors (Lipinski definition) is 0. The van der Waals surface area contributed by atoms with Gasteiger partial charge in [-0.15, -0.1) is 0 Å². The highest BCUT2D eigenvalue weighted by atomic mass is 16.6. The first-order chi connectivity index (χ1) is 5.68. The average Bonchev–Trinajstić information content (AvgIpc) is 2.70. The Balaban J connectivity index is 2.01. The number of carboxylic acids is 1. The summed E-state index contributed by atoms with van der Waals surface area (Å²) in [6, 6.07) is 0. The molecule has 0 aromatic carbocycles. The van der Waals surface area contributed by atoms with Crippen molar-refractivity contribution in [3.63, 3.8) is 0 Å². The Labute approximate surface area is 71.0 Å². The van der Waals surface area contributed by atoms with E-state index in [4.69, 9.17) is 4.74 Å². The van der Waals surface area contributed by atoms with E-state index < -0.39 is 5.97 Å². The fourth-order valence-electron chi connectivity index (χ4n) is 1.85. The predicted molar refractivity (Wildman–Crippen MR) is 40.1 cm³/mol. The van der Waals surface area contributed by atoms with E-state index in [1.165, 1.54) is 0 Å². The van der Waals surface area contributed by atoms with Crippen LogP contribution in [0.4, 0.5) is 0 Å². The largest absolute Gasteiger partial charge is 0.545 e. The van der Waals surface area contributed by atoms with Gasteiger partial charge in [-0.3, -0.25) is 0 Å². The smallest absolute Gasteiger partial charge is 0.0904 e. The molecular formula is C9H11O3-. The number of carbonyl (C=O) groups is 1. The number of carboxylic acid groups (broad SMARTS) is 1. The van der Waals surface area contributed by atoms with Crippen molar-refractivity contribution in [1.29, 1.82) is 0 Å². The van der Waals surface area contributed by atoms with Gasteiger partial charge in [0.15, 0.2) is 0 Å². The maximum atomic E-state index is 10.4. The van der Waals surface area contributed by atoms with E-state index >= 15 is 0 Å². The van der Waals surface area contributed by atoms with Crippen molar-refractivity contribution in [3.05, 3.63) is 11.6 Å². The van der Waals surface area contributed by atoms with Crippen LogP contribution in [0.25, 0.3) is 0 Å². The van der Waals surface area contributed by atoms with Gasteiger partial charge in [0.2, 0.25) is 0 Å². The molecular weight excluding hydrogens is 156 g/mol. The highest BCUT2D eigenvalue weighted by Gasteiger charge is 2.49. The van der Waals surface area contributed by atoms with Crippen molar-refractivity contribution in [3.8, 4) is 0 Å². The minimum Gasteiger partial charge on any atom is -0.545 e. The van der Waals surface area contributed by atoms with E-state index in [0.29, 0.717) is 23.7 Å². The van der Waals surface area contributed by atoms with Crippen molar-refractivity contribution >= 4 is 5.97 Å². The van der Waals surface area contributed by atoms with E-state index in [1.54, 1.807) is 13.0 Å². The number of carbonyl (C=O) groups excluding carboxylic acids is 1. The molecule has 0 spiro atoms. The van der Waals surface area contributed by atoms with Gasteiger partial charge in [-0.25, -0.2) is 0 Å². The summed E-state index contributed by atoms with van der Waals surface area (Å²) in [5, 5.41) is 10.4. The number of fused-ring (bicyclic) bond motifs is 1. The van der Waals surface area contributed by atoms with Crippen LogP contribution in [-0.4, -0.2) is 18.2 Å². The zero-order valence-electron chi connectivity index (χ0n) is 6.95. The molecule has 0 N–H and O–H groups in total. The molecule has 1 aliphatic carbocycles. The highest BCUT2D eigenvalue weighted by Crippen LogP contribution is 2.43. The Kier molecular flexibility index (Phi) is 1.68. The molecule has 3 unspecified atom stereocenters. The van der Waals surface area contributed by atoms with E-state index in [1.807, 2.05) is 0 Å². The number of aliphatic carboxylic acids is 1. The Morgan fingerprint density at radius 3 is 2.75 bits per heavy atom. The summed E-state index contributed by atoms with van der Waals surface area (Å²) in [6.07, 6.45) is 4.62. The van der Waals surface area contributed by atoms with Gasteiger partial charge < -0.3 is 14.6 Å². The Morgan fingerprint density at radius 1 is 1.58 bits per heavy atom. The lowest BCUT2D eigenvalue weighted by Gasteiger charge is -2.07. The Hall–Kier alpha value is -0.830. The van der Waals surface area contributed by atoms with Crippen LogP contribution in [0.2, 0.25) is 0 Å². The maximum absolute atomic E-state index is 10.4. The van der Waals surface area contributed by atoms with Crippen LogP contribution in [0.3, 0.4) is 0 Å². The molecule has 2 rings (SSSR count). The molecule has 66 valence electrons. The molecule has 0 amide bonds. The van der Waals surface area contributed by atoms with Gasteiger partial charge in [-0.2, -0.15) is 0 Å². The van der Waals surface area contributed by atoms with Crippen molar-refractivity contribution in [1.82, 2.24) is 0 Å². The van der Waals surface area contributed by atoms with E-state index in [0.717, 1.165) is 12.8 Å².